The van der Waals surface area contributed by atoms with E-state index in [-0.39, 0.29) is 18.1 Å². The van der Waals surface area contributed by atoms with Crippen LogP contribution in [-0.4, -0.2) is 12.5 Å². The van der Waals surface area contributed by atoms with Gasteiger partial charge in [0.15, 0.2) is 0 Å². The summed E-state index contributed by atoms with van der Waals surface area (Å²) < 4.78 is 18.3. The van der Waals surface area contributed by atoms with Gasteiger partial charge in [-0.2, -0.15) is 0 Å². The van der Waals surface area contributed by atoms with E-state index in [9.17, 15) is 9.18 Å². The molecule has 0 heterocycles. The molecule has 0 saturated carbocycles. The second kappa shape index (κ2) is 6.70. The summed E-state index contributed by atoms with van der Waals surface area (Å²) in [5.74, 6) is 0.148. The minimum Gasteiger partial charge on any atom is -0.493 e. The molecule has 0 saturated heterocycles. The Morgan fingerprint density at radius 3 is 2.20 bits per heavy atom. The zero-order valence-corrected chi connectivity index (χ0v) is 11.0. The fourth-order valence-electron chi connectivity index (χ4n) is 1.84. The van der Waals surface area contributed by atoms with E-state index in [1.807, 2.05) is 24.3 Å². The van der Waals surface area contributed by atoms with Gasteiger partial charge in [-0.25, -0.2) is 4.39 Å². The highest BCUT2D eigenvalue weighted by Gasteiger charge is 2.00. The van der Waals surface area contributed by atoms with Crippen molar-refractivity contribution in [3.05, 3.63) is 65.5 Å². The molecule has 0 atom stereocenters. The summed E-state index contributed by atoms with van der Waals surface area (Å²) in [5.41, 5.74) is 7.01. The summed E-state index contributed by atoms with van der Waals surface area (Å²) in [6.45, 7) is 0.515. The Kier molecular flexibility index (Phi) is 4.71. The van der Waals surface area contributed by atoms with Crippen LogP contribution in [0.4, 0.5) is 4.39 Å². The number of benzene rings is 2. The summed E-state index contributed by atoms with van der Waals surface area (Å²) in [5, 5.41) is 0. The van der Waals surface area contributed by atoms with Gasteiger partial charge in [0, 0.05) is 6.42 Å². The number of nitrogens with two attached hydrogens (primary N) is 1. The van der Waals surface area contributed by atoms with E-state index in [1.165, 1.54) is 12.1 Å². The van der Waals surface area contributed by atoms with Crippen molar-refractivity contribution in [1.29, 1.82) is 0 Å². The Morgan fingerprint density at radius 2 is 1.60 bits per heavy atom. The Bertz CT molecular complexity index is 564. The quantitative estimate of drug-likeness (QED) is 0.879. The Morgan fingerprint density at radius 1 is 1.00 bits per heavy atom. The van der Waals surface area contributed by atoms with Crippen LogP contribution < -0.4 is 10.5 Å². The molecule has 2 N–H and O–H groups in total. The summed E-state index contributed by atoms with van der Waals surface area (Å²) in [7, 11) is 0. The highest BCUT2D eigenvalue weighted by Crippen LogP contribution is 2.13. The fraction of sp³-hybridized carbons (Fsp3) is 0.188. The molecule has 0 fully saturated rings. The van der Waals surface area contributed by atoms with E-state index in [0.29, 0.717) is 13.0 Å². The monoisotopic (exact) mass is 273 g/mol. The zero-order chi connectivity index (χ0) is 14.4. The molecule has 0 radical (unpaired) electrons. The second-order valence-corrected chi connectivity index (χ2v) is 4.51. The van der Waals surface area contributed by atoms with Crippen molar-refractivity contribution in [1.82, 2.24) is 0 Å². The molecule has 0 spiro atoms. The summed E-state index contributed by atoms with van der Waals surface area (Å²) in [4.78, 5) is 10.8. The SMILES string of the molecule is NC(=O)Cc1ccc(OCCc2ccc(F)cc2)cc1. The van der Waals surface area contributed by atoms with Crippen LogP contribution in [0.3, 0.4) is 0 Å². The maximum atomic E-state index is 12.7. The van der Waals surface area contributed by atoms with Gasteiger partial charge in [0.2, 0.25) is 5.91 Å². The Hall–Kier alpha value is -2.36. The summed E-state index contributed by atoms with van der Waals surface area (Å²) >= 11 is 0. The molecule has 2 rings (SSSR count). The van der Waals surface area contributed by atoms with Crippen LogP contribution in [0.1, 0.15) is 11.1 Å². The number of hydrogen-bond donors (Lipinski definition) is 1. The maximum absolute atomic E-state index is 12.7. The highest BCUT2D eigenvalue weighted by molar-refractivity contribution is 5.76. The van der Waals surface area contributed by atoms with Gasteiger partial charge < -0.3 is 10.5 Å². The van der Waals surface area contributed by atoms with E-state index in [1.54, 1.807) is 12.1 Å². The Balaban J connectivity index is 1.82. The standard InChI is InChI=1S/C16H16FNO2/c17-14-5-1-12(2-6-14)9-10-20-15-7-3-13(4-8-15)11-16(18)19/h1-8H,9-11H2,(H2,18,19). The van der Waals surface area contributed by atoms with Gasteiger partial charge in [0.25, 0.3) is 0 Å². The lowest BCUT2D eigenvalue weighted by Gasteiger charge is -2.07. The lowest BCUT2D eigenvalue weighted by atomic mass is 10.1. The second-order valence-electron chi connectivity index (χ2n) is 4.51. The average Bonchev–Trinajstić information content (AvgIpc) is 2.42. The van der Waals surface area contributed by atoms with Gasteiger partial charge in [0.1, 0.15) is 11.6 Å². The molecule has 0 aromatic heterocycles. The van der Waals surface area contributed by atoms with Gasteiger partial charge in [-0.3, -0.25) is 4.79 Å². The normalized spacial score (nSPS) is 10.2. The molecule has 3 nitrogen and oxygen atoms in total. The first kappa shape index (κ1) is 14.1. The Labute approximate surface area is 117 Å². The molecule has 4 heteroatoms. The predicted octanol–water partition coefficient (Wildman–Crippen LogP) is 2.48. The van der Waals surface area contributed by atoms with Gasteiger partial charge >= 0.3 is 0 Å². The van der Waals surface area contributed by atoms with E-state index < -0.39 is 0 Å². The molecular formula is C16H16FNO2. The van der Waals surface area contributed by atoms with Crippen LogP contribution in [0.5, 0.6) is 5.75 Å². The van der Waals surface area contributed by atoms with E-state index in [0.717, 1.165) is 16.9 Å². The minimum absolute atomic E-state index is 0.232. The van der Waals surface area contributed by atoms with Gasteiger partial charge in [0.05, 0.1) is 13.0 Å². The molecule has 2 aromatic rings. The minimum atomic E-state index is -0.352. The molecule has 1 amide bonds. The van der Waals surface area contributed by atoms with Gasteiger partial charge in [-0.15, -0.1) is 0 Å². The summed E-state index contributed by atoms with van der Waals surface area (Å²) in [6.07, 6.45) is 0.944. The van der Waals surface area contributed by atoms with E-state index >= 15 is 0 Å². The third-order valence-corrected chi connectivity index (χ3v) is 2.87. The predicted molar refractivity (Wildman–Crippen MR) is 74.9 cm³/mol. The number of carbonyl (C=O) groups excluding carboxylic acids is 1. The summed E-state index contributed by atoms with van der Waals surface area (Å²) in [6, 6.07) is 13.6. The van der Waals surface area contributed by atoms with E-state index in [4.69, 9.17) is 10.5 Å². The molecule has 0 aliphatic carbocycles. The van der Waals surface area contributed by atoms with Crippen molar-refractivity contribution in [2.24, 2.45) is 5.73 Å². The number of halogens is 1. The zero-order valence-electron chi connectivity index (χ0n) is 11.0. The number of hydrogen-bond acceptors (Lipinski definition) is 2. The third kappa shape index (κ3) is 4.39. The topological polar surface area (TPSA) is 52.3 Å². The molecule has 0 bridgehead atoms. The molecule has 0 aliphatic heterocycles. The lowest BCUT2D eigenvalue weighted by molar-refractivity contribution is -0.117. The van der Waals surface area contributed by atoms with Crippen molar-refractivity contribution in [2.45, 2.75) is 12.8 Å². The fourth-order valence-corrected chi connectivity index (χ4v) is 1.84. The largest absolute Gasteiger partial charge is 0.493 e. The number of rotatable bonds is 6. The maximum Gasteiger partial charge on any atom is 0.221 e. The number of primary amides is 1. The van der Waals surface area contributed by atoms with Crippen molar-refractivity contribution in [3.63, 3.8) is 0 Å². The van der Waals surface area contributed by atoms with Gasteiger partial charge in [-0.1, -0.05) is 24.3 Å². The molecule has 20 heavy (non-hydrogen) atoms. The van der Waals surface area contributed by atoms with Crippen LogP contribution in [0, 0.1) is 5.82 Å². The average molecular weight is 273 g/mol. The van der Waals surface area contributed by atoms with Crippen molar-refractivity contribution < 1.29 is 13.9 Å². The number of ether oxygens (including phenoxy) is 1. The molecular weight excluding hydrogens is 257 g/mol. The van der Waals surface area contributed by atoms with Crippen LogP contribution in [0.2, 0.25) is 0 Å². The molecule has 0 unspecified atom stereocenters. The van der Waals surface area contributed by atoms with Crippen molar-refractivity contribution >= 4 is 5.91 Å². The molecule has 0 aliphatic rings. The van der Waals surface area contributed by atoms with Crippen molar-refractivity contribution in [2.75, 3.05) is 6.61 Å². The molecule has 2 aromatic carbocycles. The van der Waals surface area contributed by atoms with Crippen LogP contribution in [-0.2, 0) is 17.6 Å². The first-order valence-corrected chi connectivity index (χ1v) is 6.38. The first-order valence-electron chi connectivity index (χ1n) is 6.38. The van der Waals surface area contributed by atoms with Crippen LogP contribution >= 0.6 is 0 Å². The van der Waals surface area contributed by atoms with Crippen LogP contribution in [0.25, 0.3) is 0 Å². The molecule has 104 valence electrons. The number of carbonyl (C=O) groups is 1. The first-order chi connectivity index (χ1) is 9.63. The highest BCUT2D eigenvalue weighted by atomic mass is 19.1. The van der Waals surface area contributed by atoms with Gasteiger partial charge in [-0.05, 0) is 35.4 Å². The van der Waals surface area contributed by atoms with Crippen LogP contribution in [0.15, 0.2) is 48.5 Å². The van der Waals surface area contributed by atoms with Crippen molar-refractivity contribution in [3.8, 4) is 5.75 Å². The lowest BCUT2D eigenvalue weighted by Crippen LogP contribution is -2.13. The number of amides is 1. The smallest absolute Gasteiger partial charge is 0.221 e. The third-order valence-electron chi connectivity index (χ3n) is 2.87. The van der Waals surface area contributed by atoms with E-state index in [2.05, 4.69) is 0 Å².